The molecule has 2 rings (SSSR count). The first-order chi connectivity index (χ1) is 12.7. The summed E-state index contributed by atoms with van der Waals surface area (Å²) < 4.78 is 10.7. The average Bonchev–Trinajstić information content (AvgIpc) is 3.20. The number of amides is 1. The van der Waals surface area contributed by atoms with E-state index in [0.717, 1.165) is 50.7 Å². The number of halogens is 1. The number of guanidine groups is 1. The van der Waals surface area contributed by atoms with Crippen molar-refractivity contribution in [1.82, 2.24) is 15.5 Å². The fourth-order valence-corrected chi connectivity index (χ4v) is 2.83. The molecule has 2 N–H and O–H groups in total. The van der Waals surface area contributed by atoms with Crippen molar-refractivity contribution in [2.24, 2.45) is 10.9 Å². The zero-order valence-corrected chi connectivity index (χ0v) is 20.0. The molecular weight excluding hydrogens is 471 g/mol. The molecule has 1 saturated heterocycles. The van der Waals surface area contributed by atoms with Gasteiger partial charge in [0.1, 0.15) is 11.4 Å². The van der Waals surface area contributed by atoms with E-state index in [-0.39, 0.29) is 36.1 Å². The van der Waals surface area contributed by atoms with Gasteiger partial charge in [0.2, 0.25) is 0 Å². The van der Waals surface area contributed by atoms with Gasteiger partial charge in [0.05, 0.1) is 12.3 Å². The Bertz CT molecular complexity index is 611. The summed E-state index contributed by atoms with van der Waals surface area (Å²) in [5.74, 6) is 2.34. The number of aliphatic imine (C=N–C) groups is 1. The molecule has 0 spiro atoms. The van der Waals surface area contributed by atoms with Crippen LogP contribution in [0.5, 0.6) is 0 Å². The summed E-state index contributed by atoms with van der Waals surface area (Å²) in [5.41, 5.74) is -0.486. The maximum absolute atomic E-state index is 12.0. The lowest BCUT2D eigenvalue weighted by molar-refractivity contribution is 0.0507. The van der Waals surface area contributed by atoms with Crippen molar-refractivity contribution in [3.63, 3.8) is 0 Å². The summed E-state index contributed by atoms with van der Waals surface area (Å²) in [6, 6.07) is 3.94. The second-order valence-corrected chi connectivity index (χ2v) is 8.39. The molecule has 0 aliphatic carbocycles. The lowest BCUT2D eigenvalue weighted by atomic mass is 10.2. The normalized spacial score (nSPS) is 17.4. The molecule has 28 heavy (non-hydrogen) atoms. The van der Waals surface area contributed by atoms with Crippen LogP contribution in [0.1, 0.15) is 46.8 Å². The van der Waals surface area contributed by atoms with Crippen molar-refractivity contribution in [3.05, 3.63) is 24.2 Å². The molecule has 2 heterocycles. The molecule has 0 radical (unpaired) electrons. The second kappa shape index (κ2) is 11.5. The van der Waals surface area contributed by atoms with Crippen molar-refractivity contribution >= 4 is 36.0 Å². The molecule has 1 fully saturated rings. The van der Waals surface area contributed by atoms with Gasteiger partial charge in [-0.05, 0) is 45.2 Å². The standard InChI is InChI=1S/C20H34N4O3.HI/c1-15(2)13-22-18(21-10-8-17-7-6-12-26-17)24-11-9-16(14-24)23-19(25)27-20(3,4)5;/h6-7,12,15-16H,8-11,13-14H2,1-5H3,(H,21,22)(H,23,25);1H. The van der Waals surface area contributed by atoms with Gasteiger partial charge in [-0.25, -0.2) is 4.79 Å². The fourth-order valence-electron chi connectivity index (χ4n) is 2.83. The number of carbonyl (C=O) groups excluding carboxylic acids is 1. The smallest absolute Gasteiger partial charge is 0.407 e. The molecule has 0 saturated carbocycles. The van der Waals surface area contributed by atoms with Crippen LogP contribution in [0.25, 0.3) is 0 Å². The lowest BCUT2D eigenvalue weighted by Crippen LogP contribution is -2.44. The summed E-state index contributed by atoms with van der Waals surface area (Å²) in [4.78, 5) is 19.0. The Balaban J connectivity index is 0.00000392. The Morgan fingerprint density at radius 2 is 2.18 bits per heavy atom. The van der Waals surface area contributed by atoms with E-state index < -0.39 is 5.60 Å². The number of hydrogen-bond donors (Lipinski definition) is 2. The molecule has 1 unspecified atom stereocenters. The molecule has 1 atom stereocenters. The largest absolute Gasteiger partial charge is 0.469 e. The monoisotopic (exact) mass is 506 g/mol. The Kier molecular flexibility index (Phi) is 10.1. The van der Waals surface area contributed by atoms with Crippen LogP contribution < -0.4 is 10.6 Å². The average molecular weight is 506 g/mol. The quantitative estimate of drug-likeness (QED) is 0.350. The third-order valence-electron chi connectivity index (χ3n) is 4.05. The van der Waals surface area contributed by atoms with Gasteiger partial charge in [-0.3, -0.25) is 4.99 Å². The SMILES string of the molecule is CC(C)CN=C(NCCc1ccco1)N1CCC(NC(=O)OC(C)(C)C)C1.I. The third kappa shape index (κ3) is 9.16. The van der Waals surface area contributed by atoms with Gasteiger partial charge < -0.3 is 24.7 Å². The van der Waals surface area contributed by atoms with Crippen LogP contribution in [0, 0.1) is 5.92 Å². The first-order valence-corrected chi connectivity index (χ1v) is 9.78. The van der Waals surface area contributed by atoms with Crippen molar-refractivity contribution < 1.29 is 13.9 Å². The van der Waals surface area contributed by atoms with Crippen LogP contribution in [0.15, 0.2) is 27.8 Å². The molecule has 1 aromatic rings. The van der Waals surface area contributed by atoms with E-state index >= 15 is 0 Å². The van der Waals surface area contributed by atoms with Crippen molar-refractivity contribution in [1.29, 1.82) is 0 Å². The minimum absolute atomic E-state index is 0. The maximum Gasteiger partial charge on any atom is 0.407 e. The van der Waals surface area contributed by atoms with Crippen molar-refractivity contribution in [2.75, 3.05) is 26.2 Å². The Labute approximate surface area is 185 Å². The van der Waals surface area contributed by atoms with Crippen LogP contribution in [-0.4, -0.2) is 54.8 Å². The van der Waals surface area contributed by atoms with Crippen LogP contribution >= 0.6 is 24.0 Å². The van der Waals surface area contributed by atoms with E-state index in [9.17, 15) is 4.79 Å². The molecule has 7 nitrogen and oxygen atoms in total. The summed E-state index contributed by atoms with van der Waals surface area (Å²) >= 11 is 0. The van der Waals surface area contributed by atoms with E-state index in [1.807, 2.05) is 32.9 Å². The Morgan fingerprint density at radius 3 is 2.79 bits per heavy atom. The maximum atomic E-state index is 12.0. The molecule has 8 heteroatoms. The van der Waals surface area contributed by atoms with E-state index in [1.54, 1.807) is 6.26 Å². The summed E-state index contributed by atoms with van der Waals surface area (Å²) in [5, 5.41) is 6.40. The summed E-state index contributed by atoms with van der Waals surface area (Å²) in [6.45, 7) is 13.0. The first-order valence-electron chi connectivity index (χ1n) is 9.78. The minimum atomic E-state index is -0.486. The second-order valence-electron chi connectivity index (χ2n) is 8.39. The number of alkyl carbamates (subject to hydrolysis) is 1. The summed E-state index contributed by atoms with van der Waals surface area (Å²) in [7, 11) is 0. The first kappa shape index (κ1) is 24.6. The number of rotatable bonds is 6. The van der Waals surface area contributed by atoms with E-state index in [4.69, 9.17) is 14.1 Å². The van der Waals surface area contributed by atoms with Gasteiger partial charge in [-0.2, -0.15) is 0 Å². The number of ether oxygens (including phenoxy) is 1. The van der Waals surface area contributed by atoms with Gasteiger partial charge in [0.25, 0.3) is 0 Å². The zero-order valence-electron chi connectivity index (χ0n) is 17.7. The molecule has 1 amide bonds. The summed E-state index contributed by atoms with van der Waals surface area (Å²) in [6.07, 6.45) is 3.01. The highest BCUT2D eigenvalue weighted by atomic mass is 127. The minimum Gasteiger partial charge on any atom is -0.469 e. The van der Waals surface area contributed by atoms with E-state index in [1.165, 1.54) is 0 Å². The molecule has 1 aliphatic heterocycles. The highest BCUT2D eigenvalue weighted by Gasteiger charge is 2.28. The number of nitrogens with one attached hydrogen (secondary N) is 2. The fraction of sp³-hybridized carbons (Fsp3) is 0.700. The molecule has 1 aromatic heterocycles. The highest BCUT2D eigenvalue weighted by molar-refractivity contribution is 14.0. The molecule has 160 valence electrons. The Hall–Kier alpha value is -1.45. The molecular formula is C20H35IN4O3. The van der Waals surface area contributed by atoms with E-state index in [2.05, 4.69) is 29.4 Å². The van der Waals surface area contributed by atoms with Gasteiger partial charge in [-0.15, -0.1) is 24.0 Å². The number of carbonyl (C=O) groups is 1. The van der Waals surface area contributed by atoms with Gasteiger partial charge in [0.15, 0.2) is 5.96 Å². The van der Waals surface area contributed by atoms with Gasteiger partial charge >= 0.3 is 6.09 Å². The predicted molar refractivity (Wildman–Crippen MR) is 122 cm³/mol. The molecule has 0 bridgehead atoms. The van der Waals surface area contributed by atoms with Gasteiger partial charge in [0, 0.05) is 32.6 Å². The van der Waals surface area contributed by atoms with E-state index in [0.29, 0.717) is 5.92 Å². The topological polar surface area (TPSA) is 79.1 Å². The highest BCUT2D eigenvalue weighted by Crippen LogP contribution is 2.12. The number of likely N-dealkylation sites (tertiary alicyclic amines) is 1. The van der Waals surface area contributed by atoms with Crippen molar-refractivity contribution in [3.8, 4) is 0 Å². The molecule has 0 aromatic carbocycles. The van der Waals surface area contributed by atoms with Crippen LogP contribution in [0.2, 0.25) is 0 Å². The Morgan fingerprint density at radius 1 is 1.43 bits per heavy atom. The lowest BCUT2D eigenvalue weighted by Gasteiger charge is -2.24. The predicted octanol–water partition coefficient (Wildman–Crippen LogP) is 3.64. The van der Waals surface area contributed by atoms with Crippen LogP contribution in [0.4, 0.5) is 4.79 Å². The molecule has 1 aliphatic rings. The number of nitrogens with zero attached hydrogens (tertiary/aromatic N) is 2. The number of furan rings is 1. The van der Waals surface area contributed by atoms with Crippen LogP contribution in [-0.2, 0) is 11.2 Å². The van der Waals surface area contributed by atoms with Crippen LogP contribution in [0.3, 0.4) is 0 Å². The number of hydrogen-bond acceptors (Lipinski definition) is 4. The van der Waals surface area contributed by atoms with Crippen molar-refractivity contribution in [2.45, 2.75) is 59.1 Å². The third-order valence-corrected chi connectivity index (χ3v) is 4.05. The van der Waals surface area contributed by atoms with Gasteiger partial charge in [-0.1, -0.05) is 13.8 Å². The zero-order chi connectivity index (χ0) is 19.9.